The summed E-state index contributed by atoms with van der Waals surface area (Å²) < 4.78 is 4.67. The Morgan fingerprint density at radius 1 is 1.35 bits per heavy atom. The summed E-state index contributed by atoms with van der Waals surface area (Å²) in [4.78, 5) is 22.4. The molecule has 0 amide bonds. The highest BCUT2D eigenvalue weighted by atomic mass is 35.5. The van der Waals surface area contributed by atoms with E-state index in [2.05, 4.69) is 4.74 Å². The molecule has 17 heavy (non-hydrogen) atoms. The third-order valence-corrected chi connectivity index (χ3v) is 2.32. The quantitative estimate of drug-likeness (QED) is 0.460. The number of rotatable bonds is 5. The maximum atomic E-state index is 11.4. The fraction of sp³-hybridized carbons (Fsp3) is 0.231. The van der Waals surface area contributed by atoms with Gasteiger partial charge in [-0.2, -0.15) is 0 Å². The van der Waals surface area contributed by atoms with E-state index in [1.54, 1.807) is 31.2 Å². The van der Waals surface area contributed by atoms with Crippen LogP contribution >= 0.6 is 11.6 Å². The number of ether oxygens (including phenoxy) is 1. The van der Waals surface area contributed by atoms with Crippen LogP contribution in [0.15, 0.2) is 30.3 Å². The minimum absolute atomic E-state index is 0.241. The average molecular weight is 253 g/mol. The van der Waals surface area contributed by atoms with Gasteiger partial charge >= 0.3 is 5.97 Å². The van der Waals surface area contributed by atoms with Crippen LogP contribution in [-0.4, -0.2) is 18.4 Å². The minimum atomic E-state index is -0.513. The highest BCUT2D eigenvalue weighted by Gasteiger charge is 2.06. The zero-order valence-corrected chi connectivity index (χ0v) is 10.2. The molecule has 0 heterocycles. The van der Waals surface area contributed by atoms with Gasteiger partial charge in [-0.15, -0.1) is 0 Å². The summed E-state index contributed by atoms with van der Waals surface area (Å²) in [5, 5.41) is 0.563. The van der Waals surface area contributed by atoms with Gasteiger partial charge in [0.05, 0.1) is 6.61 Å². The van der Waals surface area contributed by atoms with Gasteiger partial charge in [-0.1, -0.05) is 29.8 Å². The van der Waals surface area contributed by atoms with E-state index in [0.717, 1.165) is 5.56 Å². The number of hydrogen-bond acceptors (Lipinski definition) is 3. The monoisotopic (exact) mass is 252 g/mol. The Bertz CT molecular complexity index is 438. The molecule has 1 aromatic carbocycles. The molecule has 0 spiro atoms. The molecule has 1 rings (SSSR count). The molecule has 90 valence electrons. The Kier molecular flexibility index (Phi) is 5.43. The van der Waals surface area contributed by atoms with Crippen LogP contribution in [0.2, 0.25) is 5.02 Å². The number of benzene rings is 1. The van der Waals surface area contributed by atoms with Crippen molar-refractivity contribution in [3.63, 3.8) is 0 Å². The first-order valence-electron chi connectivity index (χ1n) is 5.24. The molecule has 0 aliphatic rings. The van der Waals surface area contributed by atoms with Crippen molar-refractivity contribution in [1.82, 2.24) is 0 Å². The summed E-state index contributed by atoms with van der Waals surface area (Å²) in [6.07, 6.45) is 2.68. The van der Waals surface area contributed by atoms with Gasteiger partial charge in [-0.3, -0.25) is 9.59 Å². The molecule has 0 N–H and O–H groups in total. The second kappa shape index (κ2) is 6.86. The third-order valence-electron chi connectivity index (χ3n) is 1.98. The lowest BCUT2D eigenvalue weighted by atomic mass is 10.2. The largest absolute Gasteiger partial charge is 0.466 e. The fourth-order valence-corrected chi connectivity index (χ4v) is 1.40. The smallest absolute Gasteiger partial charge is 0.313 e. The normalized spacial score (nSPS) is 10.5. The topological polar surface area (TPSA) is 43.4 Å². The number of hydrogen-bond donors (Lipinski definition) is 0. The van der Waals surface area contributed by atoms with Gasteiger partial charge in [0.2, 0.25) is 0 Å². The van der Waals surface area contributed by atoms with E-state index < -0.39 is 5.97 Å². The maximum Gasteiger partial charge on any atom is 0.313 e. The zero-order valence-electron chi connectivity index (χ0n) is 9.48. The summed E-state index contributed by atoms with van der Waals surface area (Å²) >= 11 is 5.91. The van der Waals surface area contributed by atoms with Crippen LogP contribution in [0.4, 0.5) is 0 Å². The molecule has 0 aliphatic carbocycles. The van der Waals surface area contributed by atoms with Crippen molar-refractivity contribution in [2.45, 2.75) is 13.3 Å². The lowest BCUT2D eigenvalue weighted by Gasteiger charge is -1.98. The molecule has 0 aromatic heterocycles. The summed E-state index contributed by atoms with van der Waals surface area (Å²) in [6, 6.07) is 7.15. The molecule has 3 nitrogen and oxygen atoms in total. The molecular formula is C13H13ClO3. The van der Waals surface area contributed by atoms with Crippen molar-refractivity contribution in [2.24, 2.45) is 0 Å². The van der Waals surface area contributed by atoms with Gasteiger partial charge in [-0.25, -0.2) is 0 Å². The summed E-state index contributed by atoms with van der Waals surface area (Å²) in [5.74, 6) is -0.815. The number of halogens is 1. The summed E-state index contributed by atoms with van der Waals surface area (Å²) in [6.45, 7) is 1.97. The van der Waals surface area contributed by atoms with E-state index in [-0.39, 0.29) is 18.8 Å². The Balaban J connectivity index is 2.57. The lowest BCUT2D eigenvalue weighted by molar-refractivity contribution is -0.144. The van der Waals surface area contributed by atoms with E-state index >= 15 is 0 Å². The SMILES string of the molecule is CCOC(=O)CC(=O)C=Cc1ccccc1Cl. The molecule has 0 unspecified atom stereocenters. The van der Waals surface area contributed by atoms with Crippen molar-refractivity contribution in [3.05, 3.63) is 40.9 Å². The van der Waals surface area contributed by atoms with Gasteiger partial charge in [0, 0.05) is 5.02 Å². The van der Waals surface area contributed by atoms with Crippen molar-refractivity contribution in [2.75, 3.05) is 6.61 Å². The zero-order chi connectivity index (χ0) is 12.7. The van der Waals surface area contributed by atoms with Crippen molar-refractivity contribution < 1.29 is 14.3 Å². The molecule has 0 atom stereocenters. The average Bonchev–Trinajstić information content (AvgIpc) is 2.28. The summed E-state index contributed by atoms with van der Waals surface area (Å²) in [5.41, 5.74) is 0.742. The first-order chi connectivity index (χ1) is 8.13. The molecule has 1 aromatic rings. The summed E-state index contributed by atoms with van der Waals surface area (Å²) in [7, 11) is 0. The molecular weight excluding hydrogens is 240 g/mol. The molecule has 0 aliphatic heterocycles. The van der Waals surface area contributed by atoms with E-state index in [1.807, 2.05) is 6.07 Å². The number of ketones is 1. The van der Waals surface area contributed by atoms with Crippen LogP contribution in [0, 0.1) is 0 Å². The Hall–Kier alpha value is -1.61. The predicted octanol–water partition coefficient (Wildman–Crippen LogP) is 2.88. The standard InChI is InChI=1S/C13H13ClO3/c1-2-17-13(16)9-11(15)8-7-10-5-3-4-6-12(10)14/h3-8H,2,9H2,1H3. The van der Waals surface area contributed by atoms with Crippen LogP contribution in [0.25, 0.3) is 6.08 Å². The molecule has 0 saturated heterocycles. The van der Waals surface area contributed by atoms with E-state index in [1.165, 1.54) is 6.08 Å². The number of carbonyl (C=O) groups excluding carboxylic acids is 2. The van der Waals surface area contributed by atoms with E-state index in [4.69, 9.17) is 11.6 Å². The maximum absolute atomic E-state index is 11.4. The van der Waals surface area contributed by atoms with E-state index in [9.17, 15) is 9.59 Å². The molecule has 0 saturated carbocycles. The van der Waals surface area contributed by atoms with Crippen molar-refractivity contribution >= 4 is 29.4 Å². The molecule has 0 fully saturated rings. The van der Waals surface area contributed by atoms with Crippen LogP contribution in [0.3, 0.4) is 0 Å². The number of carbonyl (C=O) groups is 2. The van der Waals surface area contributed by atoms with Crippen LogP contribution < -0.4 is 0 Å². The second-order valence-corrected chi connectivity index (χ2v) is 3.71. The van der Waals surface area contributed by atoms with Gasteiger partial charge < -0.3 is 4.74 Å². The molecule has 0 bridgehead atoms. The number of allylic oxidation sites excluding steroid dienone is 1. The molecule has 0 radical (unpaired) electrons. The van der Waals surface area contributed by atoms with Gasteiger partial charge in [-0.05, 0) is 30.7 Å². The lowest BCUT2D eigenvalue weighted by Crippen LogP contribution is -2.09. The highest BCUT2D eigenvalue weighted by Crippen LogP contribution is 2.16. The van der Waals surface area contributed by atoms with Crippen LogP contribution in [0.5, 0.6) is 0 Å². The Morgan fingerprint density at radius 3 is 2.71 bits per heavy atom. The predicted molar refractivity (Wildman–Crippen MR) is 66.7 cm³/mol. The fourth-order valence-electron chi connectivity index (χ4n) is 1.21. The minimum Gasteiger partial charge on any atom is -0.466 e. The number of esters is 1. The first kappa shape index (κ1) is 13.5. The van der Waals surface area contributed by atoms with Crippen molar-refractivity contribution in [1.29, 1.82) is 0 Å². The van der Waals surface area contributed by atoms with Gasteiger partial charge in [0.25, 0.3) is 0 Å². The van der Waals surface area contributed by atoms with E-state index in [0.29, 0.717) is 5.02 Å². The first-order valence-corrected chi connectivity index (χ1v) is 5.62. The van der Waals surface area contributed by atoms with Gasteiger partial charge in [0.15, 0.2) is 5.78 Å². The Labute approximate surface area is 105 Å². The second-order valence-electron chi connectivity index (χ2n) is 3.30. The molecule has 4 heteroatoms. The third kappa shape index (κ3) is 4.83. The van der Waals surface area contributed by atoms with Crippen LogP contribution in [-0.2, 0) is 14.3 Å². The highest BCUT2D eigenvalue weighted by molar-refractivity contribution is 6.32. The van der Waals surface area contributed by atoms with Crippen LogP contribution in [0.1, 0.15) is 18.9 Å². The van der Waals surface area contributed by atoms with Crippen molar-refractivity contribution in [3.8, 4) is 0 Å². The Morgan fingerprint density at radius 2 is 2.06 bits per heavy atom. The van der Waals surface area contributed by atoms with Gasteiger partial charge in [0.1, 0.15) is 6.42 Å².